The molecule has 1 amide bonds. The third-order valence-corrected chi connectivity index (χ3v) is 3.78. The van der Waals surface area contributed by atoms with Gasteiger partial charge in [0.15, 0.2) is 0 Å². The van der Waals surface area contributed by atoms with Crippen LogP contribution >= 0.6 is 12.4 Å². The fourth-order valence-corrected chi connectivity index (χ4v) is 2.31. The SMILES string of the molecule is CC(C)(C)c1cnc(CNC(=O)C(N)C2CCOCC2)o1.Cl. The summed E-state index contributed by atoms with van der Waals surface area (Å²) in [6.45, 7) is 7.79. The minimum Gasteiger partial charge on any atom is -0.443 e. The Morgan fingerprint density at radius 1 is 1.45 bits per heavy atom. The number of rotatable bonds is 4. The molecule has 1 aliphatic rings. The highest BCUT2D eigenvalue weighted by molar-refractivity contribution is 5.85. The van der Waals surface area contributed by atoms with Crippen molar-refractivity contribution in [2.75, 3.05) is 13.2 Å². The van der Waals surface area contributed by atoms with Crippen molar-refractivity contribution < 1.29 is 13.9 Å². The minimum absolute atomic E-state index is 0. The normalized spacial score (nSPS) is 17.6. The molecule has 0 spiro atoms. The Balaban J connectivity index is 0.00000242. The van der Waals surface area contributed by atoms with Crippen LogP contribution in [0.4, 0.5) is 0 Å². The van der Waals surface area contributed by atoms with Crippen LogP contribution in [0.5, 0.6) is 0 Å². The largest absolute Gasteiger partial charge is 0.443 e. The number of nitrogens with one attached hydrogen (secondary N) is 1. The van der Waals surface area contributed by atoms with Crippen molar-refractivity contribution in [1.82, 2.24) is 10.3 Å². The molecule has 2 rings (SSSR count). The molecule has 3 N–H and O–H groups in total. The van der Waals surface area contributed by atoms with Crippen molar-refractivity contribution in [2.45, 2.75) is 51.6 Å². The molecule has 0 aromatic carbocycles. The lowest BCUT2D eigenvalue weighted by atomic mass is 9.92. The number of oxazole rings is 1. The summed E-state index contributed by atoms with van der Waals surface area (Å²) in [5.74, 6) is 1.35. The van der Waals surface area contributed by atoms with Crippen LogP contribution in [0.2, 0.25) is 0 Å². The molecule has 22 heavy (non-hydrogen) atoms. The molecule has 126 valence electrons. The molecule has 6 nitrogen and oxygen atoms in total. The molecule has 0 radical (unpaired) electrons. The average molecular weight is 332 g/mol. The molecule has 1 aliphatic heterocycles. The van der Waals surface area contributed by atoms with Gasteiger partial charge in [-0.2, -0.15) is 0 Å². The summed E-state index contributed by atoms with van der Waals surface area (Å²) in [6, 6.07) is -0.494. The Hall–Kier alpha value is -1.11. The quantitative estimate of drug-likeness (QED) is 0.877. The first-order valence-electron chi connectivity index (χ1n) is 7.44. The highest BCUT2D eigenvalue weighted by Crippen LogP contribution is 2.22. The molecule has 0 saturated carbocycles. The first-order chi connectivity index (χ1) is 9.88. The second-order valence-electron chi connectivity index (χ2n) is 6.56. The van der Waals surface area contributed by atoms with E-state index < -0.39 is 6.04 Å². The highest BCUT2D eigenvalue weighted by Gasteiger charge is 2.26. The van der Waals surface area contributed by atoms with Crippen molar-refractivity contribution in [3.63, 3.8) is 0 Å². The van der Waals surface area contributed by atoms with Gasteiger partial charge in [0.25, 0.3) is 0 Å². The fraction of sp³-hybridized carbons (Fsp3) is 0.733. The third kappa shape index (κ3) is 4.97. The molecule has 1 unspecified atom stereocenters. The van der Waals surface area contributed by atoms with E-state index >= 15 is 0 Å². The first kappa shape index (κ1) is 18.9. The molecule has 1 saturated heterocycles. The van der Waals surface area contributed by atoms with Gasteiger partial charge in [0.2, 0.25) is 11.8 Å². The lowest BCUT2D eigenvalue weighted by molar-refractivity contribution is -0.124. The number of aromatic nitrogens is 1. The Morgan fingerprint density at radius 2 is 2.09 bits per heavy atom. The Kier molecular flexibility index (Phi) is 6.84. The Labute approximate surface area is 137 Å². The highest BCUT2D eigenvalue weighted by atomic mass is 35.5. The van der Waals surface area contributed by atoms with Crippen LogP contribution in [0.15, 0.2) is 10.6 Å². The van der Waals surface area contributed by atoms with Gasteiger partial charge in [0.05, 0.1) is 18.8 Å². The molecule has 1 atom stereocenters. The lowest BCUT2D eigenvalue weighted by Gasteiger charge is -2.26. The maximum atomic E-state index is 12.1. The van der Waals surface area contributed by atoms with Crippen molar-refractivity contribution in [1.29, 1.82) is 0 Å². The molecule has 0 bridgehead atoms. The summed E-state index contributed by atoms with van der Waals surface area (Å²) < 4.78 is 10.9. The van der Waals surface area contributed by atoms with Crippen LogP contribution in [0.25, 0.3) is 0 Å². The predicted molar refractivity (Wildman–Crippen MR) is 85.8 cm³/mol. The molecule has 1 aromatic rings. The van der Waals surface area contributed by atoms with Crippen molar-refractivity contribution >= 4 is 18.3 Å². The number of hydrogen-bond acceptors (Lipinski definition) is 5. The number of halogens is 1. The van der Waals surface area contributed by atoms with Gasteiger partial charge in [-0.25, -0.2) is 4.98 Å². The topological polar surface area (TPSA) is 90.4 Å². The van der Waals surface area contributed by atoms with E-state index in [1.165, 1.54) is 0 Å². The second-order valence-corrected chi connectivity index (χ2v) is 6.56. The first-order valence-corrected chi connectivity index (χ1v) is 7.44. The Bertz CT molecular complexity index is 479. The number of nitrogens with two attached hydrogens (primary N) is 1. The fourth-order valence-electron chi connectivity index (χ4n) is 2.31. The van der Waals surface area contributed by atoms with Crippen molar-refractivity contribution in [3.05, 3.63) is 17.8 Å². The summed E-state index contributed by atoms with van der Waals surface area (Å²) >= 11 is 0. The number of nitrogens with zero attached hydrogens (tertiary/aromatic N) is 1. The number of amides is 1. The molecule has 7 heteroatoms. The van der Waals surface area contributed by atoms with Crippen LogP contribution < -0.4 is 11.1 Å². The monoisotopic (exact) mass is 331 g/mol. The van der Waals surface area contributed by atoms with Gasteiger partial charge in [-0.1, -0.05) is 20.8 Å². The van der Waals surface area contributed by atoms with Gasteiger partial charge in [0, 0.05) is 18.6 Å². The van der Waals surface area contributed by atoms with Crippen LogP contribution in [0, 0.1) is 5.92 Å². The van der Waals surface area contributed by atoms with Crippen LogP contribution in [-0.4, -0.2) is 30.1 Å². The van der Waals surface area contributed by atoms with E-state index in [4.69, 9.17) is 14.9 Å². The molecule has 0 aliphatic carbocycles. The summed E-state index contributed by atoms with van der Waals surface area (Å²) in [4.78, 5) is 16.3. The summed E-state index contributed by atoms with van der Waals surface area (Å²) in [5, 5.41) is 2.80. The van der Waals surface area contributed by atoms with Crippen molar-refractivity contribution in [3.8, 4) is 0 Å². The number of ether oxygens (including phenoxy) is 1. The summed E-state index contributed by atoms with van der Waals surface area (Å²) in [7, 11) is 0. The van der Waals surface area contributed by atoms with Crippen LogP contribution in [0.3, 0.4) is 0 Å². The van der Waals surface area contributed by atoms with Gasteiger partial charge < -0.3 is 20.2 Å². The van der Waals surface area contributed by atoms with Crippen LogP contribution in [0.1, 0.15) is 45.3 Å². The maximum absolute atomic E-state index is 12.1. The van der Waals surface area contributed by atoms with E-state index in [0.717, 1.165) is 18.6 Å². The van der Waals surface area contributed by atoms with Gasteiger partial charge >= 0.3 is 0 Å². The molecular weight excluding hydrogens is 306 g/mol. The number of carbonyl (C=O) groups excluding carboxylic acids is 1. The van der Waals surface area contributed by atoms with E-state index in [9.17, 15) is 4.79 Å². The lowest BCUT2D eigenvalue weighted by Crippen LogP contribution is -2.46. The van der Waals surface area contributed by atoms with Gasteiger partial charge in [-0.3, -0.25) is 4.79 Å². The summed E-state index contributed by atoms with van der Waals surface area (Å²) in [6.07, 6.45) is 3.38. The van der Waals surface area contributed by atoms with Crippen molar-refractivity contribution in [2.24, 2.45) is 11.7 Å². The standard InChI is InChI=1S/C15H25N3O3.ClH/c1-15(2,3)11-8-17-12(21-11)9-18-14(19)13(16)10-4-6-20-7-5-10;/h8,10,13H,4-7,9,16H2,1-3H3,(H,18,19);1H. The second kappa shape index (κ2) is 7.94. The van der Waals surface area contributed by atoms with Gasteiger partial charge in [0.1, 0.15) is 5.76 Å². The molecule has 1 aromatic heterocycles. The van der Waals surface area contributed by atoms with E-state index in [1.54, 1.807) is 6.20 Å². The predicted octanol–water partition coefficient (Wildman–Crippen LogP) is 1.76. The maximum Gasteiger partial charge on any atom is 0.237 e. The minimum atomic E-state index is -0.494. The van der Waals surface area contributed by atoms with Gasteiger partial charge in [-0.15, -0.1) is 12.4 Å². The van der Waals surface area contributed by atoms with E-state index in [2.05, 4.69) is 31.1 Å². The third-order valence-electron chi connectivity index (χ3n) is 3.78. The van der Waals surface area contributed by atoms with Crippen LogP contribution in [-0.2, 0) is 21.5 Å². The van der Waals surface area contributed by atoms with E-state index in [1.807, 2.05) is 0 Å². The zero-order valence-electron chi connectivity index (χ0n) is 13.4. The average Bonchev–Trinajstić information content (AvgIpc) is 2.94. The molecule has 2 heterocycles. The Morgan fingerprint density at radius 3 is 2.64 bits per heavy atom. The molecule has 1 fully saturated rings. The van der Waals surface area contributed by atoms with E-state index in [0.29, 0.717) is 19.1 Å². The summed E-state index contributed by atoms with van der Waals surface area (Å²) in [5.41, 5.74) is 5.92. The number of carbonyl (C=O) groups is 1. The number of hydrogen-bond donors (Lipinski definition) is 2. The zero-order valence-corrected chi connectivity index (χ0v) is 14.2. The zero-order chi connectivity index (χ0) is 15.5. The molecular formula is C15H26ClN3O3. The van der Waals surface area contributed by atoms with E-state index in [-0.39, 0.29) is 36.2 Å². The smallest absolute Gasteiger partial charge is 0.237 e. The van der Waals surface area contributed by atoms with Gasteiger partial charge in [-0.05, 0) is 18.8 Å².